The number of aliphatic carboxylic acids is 1. The number of carbonyl (C=O) groups is 6. The third-order valence-electron chi connectivity index (χ3n) is 7.86. The number of oxime groups is 1. The SMILES string of the molecule is CCOC(=O)N1CCC(N2CC/C(=C\C3=C(C(=O)O)N4C(=O)[C@@H](NC(=O)/C(=N\OC(=O)C(F)(F)F)c5csc(N)n5)[C@H]4SC3)C2=O)CC1. The number of thiazole rings is 1. The number of allylic oxidation sites excluding steroid dienone is 1. The van der Waals surface area contributed by atoms with Crippen LogP contribution in [0.3, 0.4) is 0 Å². The van der Waals surface area contributed by atoms with Crippen LogP contribution in [0.25, 0.3) is 0 Å². The molecule has 5 rings (SSSR count). The molecule has 4 aliphatic rings. The van der Waals surface area contributed by atoms with Crippen molar-refractivity contribution >= 4 is 69.7 Å². The first kappa shape index (κ1) is 34.7. The number of hydrogen-bond acceptors (Lipinski definition) is 13. The van der Waals surface area contributed by atoms with E-state index in [0.717, 1.165) is 28.0 Å². The third kappa shape index (κ3) is 6.96. The highest BCUT2D eigenvalue weighted by Gasteiger charge is 2.54. The Bertz CT molecular complexity index is 1640. The van der Waals surface area contributed by atoms with Crippen molar-refractivity contribution in [2.75, 3.05) is 37.7 Å². The molecule has 48 heavy (non-hydrogen) atoms. The number of alkyl halides is 3. The van der Waals surface area contributed by atoms with Crippen LogP contribution in [0.1, 0.15) is 31.9 Å². The van der Waals surface area contributed by atoms with E-state index < -0.39 is 53.1 Å². The largest absolute Gasteiger partial charge is 0.493 e. The van der Waals surface area contributed by atoms with Gasteiger partial charge in [0.2, 0.25) is 5.91 Å². The summed E-state index contributed by atoms with van der Waals surface area (Å²) in [5, 5.41) is 15.5. The molecule has 16 nitrogen and oxygen atoms in total. The van der Waals surface area contributed by atoms with Crippen molar-refractivity contribution in [3.63, 3.8) is 0 Å². The molecular weight excluding hydrogens is 687 g/mol. The zero-order valence-electron chi connectivity index (χ0n) is 25.0. The first-order valence-electron chi connectivity index (χ1n) is 14.4. The Morgan fingerprint density at radius 3 is 2.52 bits per heavy atom. The molecule has 4 N–H and O–H groups in total. The number of thioether (sulfide) groups is 1. The van der Waals surface area contributed by atoms with Gasteiger partial charge in [-0.3, -0.25) is 19.3 Å². The van der Waals surface area contributed by atoms with Crippen LogP contribution in [0.2, 0.25) is 0 Å². The number of nitrogens with one attached hydrogen (secondary N) is 1. The topological polar surface area (TPSA) is 214 Å². The average Bonchev–Trinajstić information content (AvgIpc) is 3.63. The molecule has 3 saturated heterocycles. The van der Waals surface area contributed by atoms with Crippen molar-refractivity contribution in [2.45, 2.75) is 49.8 Å². The molecule has 1 aromatic rings. The number of β-lactam (4-membered cyclic amide) rings is 1. The second-order valence-corrected chi connectivity index (χ2v) is 12.8. The maximum absolute atomic E-state index is 13.3. The number of rotatable bonds is 8. The molecular formula is C27H28F3N7O9S2. The monoisotopic (exact) mass is 715 g/mol. The van der Waals surface area contributed by atoms with Crippen molar-refractivity contribution in [2.24, 2.45) is 5.16 Å². The zero-order valence-corrected chi connectivity index (χ0v) is 26.7. The van der Waals surface area contributed by atoms with Crippen LogP contribution in [0.15, 0.2) is 33.5 Å². The van der Waals surface area contributed by atoms with Crippen LogP contribution in [0, 0.1) is 0 Å². The lowest BCUT2D eigenvalue weighted by Crippen LogP contribution is -2.71. The number of carbonyl (C=O) groups excluding carboxylic acids is 5. The lowest BCUT2D eigenvalue weighted by Gasteiger charge is -2.49. The molecule has 0 aliphatic carbocycles. The predicted molar refractivity (Wildman–Crippen MR) is 161 cm³/mol. The number of carboxylic acids is 1. The van der Waals surface area contributed by atoms with E-state index in [9.17, 15) is 47.0 Å². The van der Waals surface area contributed by atoms with E-state index in [1.807, 2.05) is 0 Å². The van der Waals surface area contributed by atoms with E-state index in [-0.39, 0.29) is 46.4 Å². The Balaban J connectivity index is 1.28. The minimum Gasteiger partial charge on any atom is -0.477 e. The van der Waals surface area contributed by atoms with Crippen LogP contribution in [-0.4, -0.2) is 122 Å². The Morgan fingerprint density at radius 1 is 1.21 bits per heavy atom. The van der Waals surface area contributed by atoms with Crippen molar-refractivity contribution in [3.8, 4) is 0 Å². The fraction of sp³-hybridized carbons (Fsp3) is 0.481. The number of likely N-dealkylation sites (tertiary alicyclic amines) is 2. The number of nitrogens with two attached hydrogens (primary N) is 1. The molecule has 5 heterocycles. The fourth-order valence-electron chi connectivity index (χ4n) is 5.60. The van der Waals surface area contributed by atoms with Gasteiger partial charge in [0.25, 0.3) is 11.8 Å². The molecule has 258 valence electrons. The number of piperidine rings is 1. The standard InChI is InChI=1S/C27H28F3N7O9S2/c1-2-45-26(44)35-6-4-14(5-7-35)36-8-3-12(20(36)39)9-13-10-47-22-17(21(40)37(22)18(13)23(41)42)33-19(38)16(15-11-48-25(31)32-15)34-46-24(43)27(28,29)30/h9,11,14,17,22H,2-8,10H2,1H3,(H2,31,32)(H,33,38)(H,41,42)/b12-9+,34-16-/t17-,22-/m1/s1. The number of ether oxygens (including phenoxy) is 1. The normalized spacial score (nSPS) is 22.9. The quantitative estimate of drug-likeness (QED) is 0.113. The maximum Gasteiger partial charge on any atom is 0.493 e. The highest BCUT2D eigenvalue weighted by molar-refractivity contribution is 8.00. The molecule has 0 radical (unpaired) electrons. The molecule has 1 aromatic heterocycles. The number of aromatic nitrogens is 1. The van der Waals surface area contributed by atoms with Crippen molar-refractivity contribution in [1.29, 1.82) is 0 Å². The predicted octanol–water partition coefficient (Wildman–Crippen LogP) is 1.05. The number of halogens is 3. The second kappa shape index (κ2) is 13.8. The molecule has 0 aromatic carbocycles. The summed E-state index contributed by atoms with van der Waals surface area (Å²) in [6.45, 7) is 3.24. The van der Waals surface area contributed by atoms with Gasteiger partial charge < -0.3 is 35.5 Å². The van der Waals surface area contributed by atoms with Crippen LogP contribution < -0.4 is 11.1 Å². The van der Waals surface area contributed by atoms with Crippen molar-refractivity contribution < 1.29 is 56.6 Å². The molecule has 2 atom stereocenters. The summed E-state index contributed by atoms with van der Waals surface area (Å²) in [5.74, 6) is -6.44. The van der Waals surface area contributed by atoms with Gasteiger partial charge in [-0.1, -0.05) is 5.16 Å². The fourth-order valence-corrected chi connectivity index (χ4v) is 7.46. The van der Waals surface area contributed by atoms with Gasteiger partial charge in [0.05, 0.1) is 6.61 Å². The molecule has 4 aliphatic heterocycles. The van der Waals surface area contributed by atoms with Gasteiger partial charge in [-0.25, -0.2) is 19.4 Å². The van der Waals surface area contributed by atoms with Crippen LogP contribution in [-0.2, 0) is 33.5 Å². The van der Waals surface area contributed by atoms with E-state index in [4.69, 9.17) is 10.5 Å². The Hall–Kier alpha value is -4.66. The Morgan fingerprint density at radius 2 is 1.92 bits per heavy atom. The van der Waals surface area contributed by atoms with Gasteiger partial charge in [0.1, 0.15) is 22.8 Å². The summed E-state index contributed by atoms with van der Waals surface area (Å²) in [5.41, 5.74) is 4.54. The average molecular weight is 716 g/mol. The minimum absolute atomic E-state index is 0.0456. The maximum atomic E-state index is 13.3. The number of carboxylic acid groups (broad SMARTS) is 1. The van der Waals surface area contributed by atoms with Gasteiger partial charge in [0.15, 0.2) is 10.8 Å². The third-order valence-corrected chi connectivity index (χ3v) is 9.83. The summed E-state index contributed by atoms with van der Waals surface area (Å²) < 4.78 is 43.0. The van der Waals surface area contributed by atoms with Crippen LogP contribution in [0.5, 0.6) is 0 Å². The zero-order chi connectivity index (χ0) is 34.9. The van der Waals surface area contributed by atoms with E-state index in [2.05, 4.69) is 20.3 Å². The van der Waals surface area contributed by atoms with Gasteiger partial charge in [-0.15, -0.1) is 23.1 Å². The van der Waals surface area contributed by atoms with E-state index >= 15 is 0 Å². The number of anilines is 1. The van der Waals surface area contributed by atoms with E-state index in [0.29, 0.717) is 44.5 Å². The molecule has 0 saturated carbocycles. The van der Waals surface area contributed by atoms with Crippen molar-refractivity contribution in [3.05, 3.63) is 34.0 Å². The van der Waals surface area contributed by atoms with Crippen LogP contribution in [0.4, 0.5) is 23.1 Å². The molecule has 0 bridgehead atoms. The molecule has 0 spiro atoms. The Kier molecular flexibility index (Phi) is 9.99. The smallest absolute Gasteiger partial charge is 0.477 e. The van der Waals surface area contributed by atoms with Gasteiger partial charge >= 0.3 is 24.2 Å². The highest BCUT2D eigenvalue weighted by atomic mass is 32.2. The summed E-state index contributed by atoms with van der Waals surface area (Å²) >= 11 is 1.91. The van der Waals surface area contributed by atoms with Gasteiger partial charge in [-0.05, 0) is 37.8 Å². The highest BCUT2D eigenvalue weighted by Crippen LogP contribution is 2.41. The number of hydrogen-bond donors (Lipinski definition) is 3. The van der Waals surface area contributed by atoms with Crippen LogP contribution >= 0.6 is 23.1 Å². The summed E-state index contributed by atoms with van der Waals surface area (Å²) in [4.78, 5) is 87.0. The number of nitrogens with zero attached hydrogens (tertiary/aromatic N) is 5. The lowest BCUT2D eigenvalue weighted by atomic mass is 10.0. The summed E-state index contributed by atoms with van der Waals surface area (Å²) in [7, 11) is 0. The molecule has 21 heteroatoms. The number of amides is 4. The molecule has 3 fully saturated rings. The number of fused-ring (bicyclic) bond motifs is 1. The Labute approximate surface area is 277 Å². The van der Waals surface area contributed by atoms with E-state index in [1.54, 1.807) is 16.7 Å². The van der Waals surface area contributed by atoms with Gasteiger partial charge in [0, 0.05) is 42.4 Å². The molecule has 0 unspecified atom stereocenters. The van der Waals surface area contributed by atoms with Crippen molar-refractivity contribution in [1.82, 2.24) is 25.0 Å². The van der Waals surface area contributed by atoms with E-state index in [1.165, 1.54) is 11.5 Å². The summed E-state index contributed by atoms with van der Waals surface area (Å²) in [6, 6.07) is -1.44. The lowest BCUT2D eigenvalue weighted by molar-refractivity contribution is -0.199. The first-order valence-corrected chi connectivity index (χ1v) is 16.4. The second-order valence-electron chi connectivity index (χ2n) is 10.8. The first-order chi connectivity index (χ1) is 22.7. The number of nitrogen functional groups attached to an aromatic ring is 1. The summed E-state index contributed by atoms with van der Waals surface area (Å²) in [6.07, 6.45) is -2.89. The molecule has 4 amide bonds. The minimum atomic E-state index is -5.41. The van der Waals surface area contributed by atoms with Gasteiger partial charge in [-0.2, -0.15) is 13.2 Å².